The van der Waals surface area contributed by atoms with Crippen LogP contribution in [0.5, 0.6) is 0 Å². The summed E-state index contributed by atoms with van der Waals surface area (Å²) >= 11 is 0. The maximum Gasteiger partial charge on any atom is 0.416 e. The zero-order valence-corrected chi connectivity index (χ0v) is 9.55. The van der Waals surface area contributed by atoms with Crippen molar-refractivity contribution in [3.8, 4) is 12.3 Å². The van der Waals surface area contributed by atoms with Gasteiger partial charge in [0.15, 0.2) is 0 Å². The molecule has 0 saturated heterocycles. The smallest absolute Gasteiger partial charge is 0.355 e. The summed E-state index contributed by atoms with van der Waals surface area (Å²) in [6.45, 7) is 0.371. The van der Waals surface area contributed by atoms with Crippen molar-refractivity contribution >= 4 is 5.91 Å². The second-order valence-corrected chi connectivity index (χ2v) is 3.68. The SMILES string of the molecule is C#CCCNC(=O)Cc1ccc(C(F)(F)F)cc1. The molecule has 0 heterocycles. The summed E-state index contributed by atoms with van der Waals surface area (Å²) in [6.07, 6.45) is 1.14. The van der Waals surface area contributed by atoms with Crippen molar-refractivity contribution in [2.75, 3.05) is 6.54 Å². The highest BCUT2D eigenvalue weighted by Gasteiger charge is 2.29. The predicted octanol–water partition coefficient (Wildman–Crippen LogP) is 2.39. The molecule has 2 nitrogen and oxygen atoms in total. The lowest BCUT2D eigenvalue weighted by molar-refractivity contribution is -0.137. The van der Waals surface area contributed by atoms with Gasteiger partial charge in [-0.15, -0.1) is 12.3 Å². The van der Waals surface area contributed by atoms with E-state index in [0.717, 1.165) is 12.1 Å². The lowest BCUT2D eigenvalue weighted by Gasteiger charge is -2.07. The maximum atomic E-state index is 12.3. The molecule has 1 rings (SSSR count). The molecule has 96 valence electrons. The molecule has 0 fully saturated rings. The van der Waals surface area contributed by atoms with Gasteiger partial charge >= 0.3 is 6.18 Å². The third-order valence-electron chi connectivity index (χ3n) is 2.24. The summed E-state index contributed by atoms with van der Waals surface area (Å²) in [5, 5.41) is 2.57. The topological polar surface area (TPSA) is 29.1 Å². The van der Waals surface area contributed by atoms with E-state index in [-0.39, 0.29) is 12.3 Å². The van der Waals surface area contributed by atoms with E-state index in [1.54, 1.807) is 0 Å². The second kappa shape index (κ2) is 6.10. The molecule has 18 heavy (non-hydrogen) atoms. The van der Waals surface area contributed by atoms with Crippen molar-refractivity contribution in [3.05, 3.63) is 35.4 Å². The Morgan fingerprint density at radius 3 is 2.39 bits per heavy atom. The monoisotopic (exact) mass is 255 g/mol. The minimum Gasteiger partial charge on any atom is -0.355 e. The van der Waals surface area contributed by atoms with E-state index in [4.69, 9.17) is 6.42 Å². The molecule has 0 radical (unpaired) electrons. The predicted molar refractivity (Wildman–Crippen MR) is 61.6 cm³/mol. The van der Waals surface area contributed by atoms with Crippen LogP contribution in [0, 0.1) is 12.3 Å². The van der Waals surface area contributed by atoms with Crippen molar-refractivity contribution in [2.24, 2.45) is 0 Å². The first-order valence-corrected chi connectivity index (χ1v) is 5.30. The zero-order valence-electron chi connectivity index (χ0n) is 9.55. The average molecular weight is 255 g/mol. The van der Waals surface area contributed by atoms with E-state index in [1.807, 2.05) is 0 Å². The highest BCUT2D eigenvalue weighted by atomic mass is 19.4. The van der Waals surface area contributed by atoms with Gasteiger partial charge in [-0.05, 0) is 17.7 Å². The third kappa shape index (κ3) is 4.50. The molecule has 0 unspecified atom stereocenters. The molecule has 0 bridgehead atoms. The number of hydrogen-bond donors (Lipinski definition) is 1. The van der Waals surface area contributed by atoms with E-state index in [1.165, 1.54) is 12.1 Å². The van der Waals surface area contributed by atoms with Gasteiger partial charge in [-0.1, -0.05) is 12.1 Å². The molecule has 0 aliphatic rings. The Labute approximate surface area is 103 Å². The molecule has 0 atom stereocenters. The fourth-order valence-corrected chi connectivity index (χ4v) is 1.33. The van der Waals surface area contributed by atoms with E-state index in [9.17, 15) is 18.0 Å². The van der Waals surface area contributed by atoms with Crippen molar-refractivity contribution in [1.82, 2.24) is 5.32 Å². The number of carbonyl (C=O) groups excluding carboxylic acids is 1. The summed E-state index contributed by atoms with van der Waals surface area (Å²) < 4.78 is 36.9. The summed E-state index contributed by atoms with van der Waals surface area (Å²) in [5.41, 5.74) is -0.194. The van der Waals surface area contributed by atoms with Crippen LogP contribution in [0.3, 0.4) is 0 Å². The van der Waals surface area contributed by atoms with Gasteiger partial charge in [0, 0.05) is 13.0 Å². The van der Waals surface area contributed by atoms with Gasteiger partial charge in [-0.3, -0.25) is 4.79 Å². The first-order valence-electron chi connectivity index (χ1n) is 5.30. The van der Waals surface area contributed by atoms with Gasteiger partial charge in [-0.25, -0.2) is 0 Å². The Bertz CT molecular complexity index is 443. The van der Waals surface area contributed by atoms with Crippen molar-refractivity contribution < 1.29 is 18.0 Å². The quantitative estimate of drug-likeness (QED) is 0.649. The summed E-state index contributed by atoms with van der Waals surface area (Å²) in [6, 6.07) is 4.52. The van der Waals surface area contributed by atoms with Crippen LogP contribution in [0.25, 0.3) is 0 Å². The van der Waals surface area contributed by atoms with Crippen LogP contribution in [0.15, 0.2) is 24.3 Å². The third-order valence-corrected chi connectivity index (χ3v) is 2.24. The highest BCUT2D eigenvalue weighted by molar-refractivity contribution is 5.78. The fraction of sp³-hybridized carbons (Fsp3) is 0.308. The number of carbonyl (C=O) groups is 1. The Morgan fingerprint density at radius 1 is 1.28 bits per heavy atom. The van der Waals surface area contributed by atoms with Gasteiger partial charge in [0.25, 0.3) is 0 Å². The molecular formula is C13H12F3NO. The summed E-state index contributed by atoms with van der Waals surface area (Å²) in [5.74, 6) is 2.11. The van der Waals surface area contributed by atoms with Gasteiger partial charge in [0.05, 0.1) is 12.0 Å². The molecule has 0 aromatic heterocycles. The lowest BCUT2D eigenvalue weighted by Crippen LogP contribution is -2.25. The van der Waals surface area contributed by atoms with E-state index < -0.39 is 11.7 Å². The Kier molecular flexibility index (Phi) is 4.78. The lowest BCUT2D eigenvalue weighted by atomic mass is 10.1. The summed E-state index contributed by atoms with van der Waals surface area (Å²) in [4.78, 5) is 11.4. The number of rotatable bonds is 4. The first-order chi connectivity index (χ1) is 8.43. The zero-order chi connectivity index (χ0) is 13.6. The molecule has 5 heteroatoms. The van der Waals surface area contributed by atoms with Crippen molar-refractivity contribution in [3.63, 3.8) is 0 Å². The number of hydrogen-bond acceptors (Lipinski definition) is 1. The minimum absolute atomic E-state index is 0.0444. The number of amides is 1. The molecular weight excluding hydrogens is 243 g/mol. The van der Waals surface area contributed by atoms with Crippen LogP contribution in [-0.4, -0.2) is 12.5 Å². The first kappa shape index (κ1) is 14.1. The number of benzene rings is 1. The molecule has 0 saturated carbocycles. The minimum atomic E-state index is -4.35. The van der Waals surface area contributed by atoms with E-state index >= 15 is 0 Å². The van der Waals surface area contributed by atoms with E-state index in [0.29, 0.717) is 18.5 Å². The van der Waals surface area contributed by atoms with Crippen LogP contribution in [-0.2, 0) is 17.4 Å². The van der Waals surface area contributed by atoms with Crippen LogP contribution in [0.4, 0.5) is 13.2 Å². The fourth-order valence-electron chi connectivity index (χ4n) is 1.33. The number of terminal acetylenes is 1. The molecule has 1 amide bonds. The maximum absolute atomic E-state index is 12.3. The summed E-state index contributed by atoms with van der Waals surface area (Å²) in [7, 11) is 0. The molecule has 0 aliphatic carbocycles. The Balaban J connectivity index is 2.54. The van der Waals surface area contributed by atoms with Gasteiger partial charge in [0.2, 0.25) is 5.91 Å². The largest absolute Gasteiger partial charge is 0.416 e. The molecule has 1 N–H and O–H groups in total. The number of alkyl halides is 3. The average Bonchev–Trinajstić information content (AvgIpc) is 2.29. The van der Waals surface area contributed by atoms with Crippen LogP contribution >= 0.6 is 0 Å². The van der Waals surface area contributed by atoms with Gasteiger partial charge in [0.1, 0.15) is 0 Å². The van der Waals surface area contributed by atoms with Crippen molar-refractivity contribution in [2.45, 2.75) is 19.0 Å². The normalized spacial score (nSPS) is 10.8. The molecule has 0 spiro atoms. The molecule has 1 aromatic rings. The van der Waals surface area contributed by atoms with Crippen LogP contribution in [0.2, 0.25) is 0 Å². The van der Waals surface area contributed by atoms with E-state index in [2.05, 4.69) is 11.2 Å². The number of nitrogens with one attached hydrogen (secondary N) is 1. The van der Waals surface area contributed by atoms with Crippen LogP contribution < -0.4 is 5.32 Å². The number of halogens is 3. The second-order valence-electron chi connectivity index (χ2n) is 3.68. The van der Waals surface area contributed by atoms with Crippen LogP contribution in [0.1, 0.15) is 17.5 Å². The Morgan fingerprint density at radius 2 is 1.89 bits per heavy atom. The Hall–Kier alpha value is -1.96. The highest BCUT2D eigenvalue weighted by Crippen LogP contribution is 2.29. The standard InChI is InChI=1S/C13H12F3NO/c1-2-3-8-17-12(18)9-10-4-6-11(7-5-10)13(14,15)16/h1,4-7H,3,8-9H2,(H,17,18). The van der Waals surface area contributed by atoms with Crippen molar-refractivity contribution in [1.29, 1.82) is 0 Å². The van der Waals surface area contributed by atoms with Gasteiger partial charge < -0.3 is 5.32 Å². The van der Waals surface area contributed by atoms with Gasteiger partial charge in [-0.2, -0.15) is 13.2 Å². The molecule has 1 aromatic carbocycles. The molecule has 0 aliphatic heterocycles.